The summed E-state index contributed by atoms with van der Waals surface area (Å²) in [4.78, 5) is 36.9. The Balaban J connectivity index is 2.38. The monoisotopic (exact) mass is 260 g/mol. The third-order valence-corrected chi connectivity index (χ3v) is 3.38. The molecule has 3 amide bonds. The fraction of sp³-hybridized carbons (Fsp3) is 0.357. The average Bonchev–Trinajstić information content (AvgIpc) is 2.33. The summed E-state index contributed by atoms with van der Waals surface area (Å²) in [7, 11) is 0. The lowest BCUT2D eigenvalue weighted by atomic mass is 10.0. The second-order valence-corrected chi connectivity index (χ2v) is 4.79. The average molecular weight is 260 g/mol. The first-order chi connectivity index (χ1) is 8.91. The summed E-state index contributed by atoms with van der Waals surface area (Å²) in [5.41, 5.74) is 2.25. The third kappa shape index (κ3) is 2.36. The lowest BCUT2D eigenvalue weighted by Gasteiger charge is -2.32. The Morgan fingerprint density at radius 3 is 2.42 bits per heavy atom. The highest BCUT2D eigenvalue weighted by Crippen LogP contribution is 2.18. The van der Waals surface area contributed by atoms with Gasteiger partial charge in [-0.3, -0.25) is 19.7 Å². The van der Waals surface area contributed by atoms with Gasteiger partial charge in [0.1, 0.15) is 12.6 Å². The fourth-order valence-electron chi connectivity index (χ4n) is 2.26. The highest BCUT2D eigenvalue weighted by atomic mass is 16.2. The molecule has 1 heterocycles. The number of nitrogens with one attached hydrogen (secondary N) is 1. The molecular formula is C14H16N2O3. The van der Waals surface area contributed by atoms with Crippen LogP contribution in [0.25, 0.3) is 0 Å². The molecule has 0 bridgehead atoms. The molecule has 1 N–H and O–H groups in total. The summed E-state index contributed by atoms with van der Waals surface area (Å²) in [5.74, 6) is -1.15. The maximum absolute atomic E-state index is 12.5. The molecule has 19 heavy (non-hydrogen) atoms. The molecule has 1 unspecified atom stereocenters. The van der Waals surface area contributed by atoms with E-state index in [1.807, 2.05) is 32.0 Å². The number of aryl methyl sites for hydroxylation is 2. The van der Waals surface area contributed by atoms with E-state index in [1.165, 1.54) is 4.90 Å². The van der Waals surface area contributed by atoms with Gasteiger partial charge in [-0.25, -0.2) is 0 Å². The first-order valence-electron chi connectivity index (χ1n) is 6.12. The summed E-state index contributed by atoms with van der Waals surface area (Å²) in [5, 5.41) is 2.22. The summed E-state index contributed by atoms with van der Waals surface area (Å²) >= 11 is 0. The van der Waals surface area contributed by atoms with Crippen molar-refractivity contribution in [3.05, 3.63) is 34.9 Å². The predicted octanol–water partition coefficient (Wildman–Crippen LogP) is 0.791. The normalized spacial score (nSPS) is 19.3. The van der Waals surface area contributed by atoms with Crippen LogP contribution in [0.2, 0.25) is 0 Å². The molecule has 100 valence electrons. The second-order valence-electron chi connectivity index (χ2n) is 4.79. The van der Waals surface area contributed by atoms with Crippen LogP contribution in [0, 0.1) is 13.8 Å². The minimum absolute atomic E-state index is 0.0838. The van der Waals surface area contributed by atoms with E-state index in [1.54, 1.807) is 6.92 Å². The van der Waals surface area contributed by atoms with Gasteiger partial charge in [0.2, 0.25) is 11.8 Å². The zero-order valence-electron chi connectivity index (χ0n) is 11.2. The van der Waals surface area contributed by atoms with E-state index in [2.05, 4.69) is 5.32 Å². The number of imide groups is 1. The molecule has 0 aromatic heterocycles. The number of carbonyl (C=O) groups excluding carboxylic acids is 3. The van der Waals surface area contributed by atoms with Crippen molar-refractivity contribution < 1.29 is 14.4 Å². The first kappa shape index (κ1) is 13.3. The topological polar surface area (TPSA) is 66.5 Å². The Bertz CT molecular complexity index is 546. The van der Waals surface area contributed by atoms with E-state index in [4.69, 9.17) is 0 Å². The number of rotatable bonds is 1. The van der Waals surface area contributed by atoms with Crippen LogP contribution in [0.3, 0.4) is 0 Å². The number of piperazine rings is 1. The van der Waals surface area contributed by atoms with Crippen LogP contribution in [0.15, 0.2) is 18.2 Å². The van der Waals surface area contributed by atoms with Crippen molar-refractivity contribution in [3.8, 4) is 0 Å². The highest BCUT2D eigenvalue weighted by molar-refractivity contribution is 6.07. The van der Waals surface area contributed by atoms with E-state index in [-0.39, 0.29) is 12.5 Å². The minimum Gasteiger partial charge on any atom is -0.318 e. The molecule has 5 heteroatoms. The van der Waals surface area contributed by atoms with Crippen LogP contribution in [-0.2, 0) is 9.59 Å². The molecule has 0 spiro atoms. The van der Waals surface area contributed by atoms with Crippen LogP contribution < -0.4 is 5.32 Å². The van der Waals surface area contributed by atoms with Crippen molar-refractivity contribution in [2.45, 2.75) is 26.8 Å². The standard InChI is InChI=1S/C14H16N2O3/c1-8-5-4-6-9(2)12(8)14(19)16-7-11(17)15-13(18)10(16)3/h4-6,10H,7H2,1-3H3,(H,15,17,18). The Morgan fingerprint density at radius 2 is 1.84 bits per heavy atom. The molecule has 1 aromatic carbocycles. The molecule has 1 aliphatic heterocycles. The Labute approximate surface area is 111 Å². The Hall–Kier alpha value is -2.17. The molecule has 2 rings (SSSR count). The number of hydrogen-bond acceptors (Lipinski definition) is 3. The number of amides is 3. The quantitative estimate of drug-likeness (QED) is 0.759. The summed E-state index contributed by atoms with van der Waals surface area (Å²) in [6.45, 7) is 5.22. The summed E-state index contributed by atoms with van der Waals surface area (Å²) in [6, 6.07) is 4.93. The smallest absolute Gasteiger partial charge is 0.255 e. The van der Waals surface area contributed by atoms with Crippen LogP contribution in [0.5, 0.6) is 0 Å². The molecule has 1 fully saturated rings. The van der Waals surface area contributed by atoms with Crippen LogP contribution in [-0.4, -0.2) is 35.2 Å². The first-order valence-corrected chi connectivity index (χ1v) is 6.12. The number of hydrogen-bond donors (Lipinski definition) is 1. The lowest BCUT2D eigenvalue weighted by Crippen LogP contribution is -2.58. The Morgan fingerprint density at radius 1 is 1.26 bits per heavy atom. The fourth-order valence-corrected chi connectivity index (χ4v) is 2.26. The van der Waals surface area contributed by atoms with Crippen molar-refractivity contribution in [1.82, 2.24) is 10.2 Å². The molecule has 1 aromatic rings. The van der Waals surface area contributed by atoms with Crippen molar-refractivity contribution >= 4 is 17.7 Å². The van der Waals surface area contributed by atoms with E-state index in [0.717, 1.165) is 11.1 Å². The highest BCUT2D eigenvalue weighted by Gasteiger charge is 2.34. The molecule has 5 nitrogen and oxygen atoms in total. The van der Waals surface area contributed by atoms with Crippen LogP contribution in [0.4, 0.5) is 0 Å². The molecule has 1 saturated heterocycles. The number of benzene rings is 1. The molecule has 0 aliphatic carbocycles. The summed E-state index contributed by atoms with van der Waals surface area (Å²) in [6.07, 6.45) is 0. The van der Waals surface area contributed by atoms with E-state index < -0.39 is 17.9 Å². The van der Waals surface area contributed by atoms with Crippen molar-refractivity contribution in [2.75, 3.05) is 6.54 Å². The van der Waals surface area contributed by atoms with Gasteiger partial charge in [0.15, 0.2) is 0 Å². The Kier molecular flexibility index (Phi) is 3.38. The predicted molar refractivity (Wildman–Crippen MR) is 69.6 cm³/mol. The third-order valence-electron chi connectivity index (χ3n) is 3.38. The van der Waals surface area contributed by atoms with Gasteiger partial charge in [0.05, 0.1) is 0 Å². The zero-order valence-corrected chi connectivity index (χ0v) is 11.2. The zero-order chi connectivity index (χ0) is 14.2. The van der Waals surface area contributed by atoms with E-state index in [9.17, 15) is 14.4 Å². The van der Waals surface area contributed by atoms with Gasteiger partial charge < -0.3 is 4.90 Å². The van der Waals surface area contributed by atoms with E-state index >= 15 is 0 Å². The molecule has 0 radical (unpaired) electrons. The SMILES string of the molecule is Cc1cccc(C)c1C(=O)N1CC(=O)NC(=O)C1C. The molecule has 1 aliphatic rings. The van der Waals surface area contributed by atoms with Gasteiger partial charge in [0, 0.05) is 5.56 Å². The molecular weight excluding hydrogens is 244 g/mol. The van der Waals surface area contributed by atoms with Crippen molar-refractivity contribution in [1.29, 1.82) is 0 Å². The van der Waals surface area contributed by atoms with Gasteiger partial charge in [0.25, 0.3) is 5.91 Å². The van der Waals surface area contributed by atoms with Crippen LogP contribution >= 0.6 is 0 Å². The maximum atomic E-state index is 12.5. The largest absolute Gasteiger partial charge is 0.318 e. The lowest BCUT2D eigenvalue weighted by molar-refractivity contribution is -0.138. The van der Waals surface area contributed by atoms with Gasteiger partial charge in [-0.15, -0.1) is 0 Å². The number of nitrogens with zero attached hydrogens (tertiary/aromatic N) is 1. The van der Waals surface area contributed by atoms with Crippen molar-refractivity contribution in [2.24, 2.45) is 0 Å². The maximum Gasteiger partial charge on any atom is 0.255 e. The molecule has 0 saturated carbocycles. The van der Waals surface area contributed by atoms with Gasteiger partial charge in [-0.1, -0.05) is 18.2 Å². The van der Waals surface area contributed by atoms with Gasteiger partial charge >= 0.3 is 0 Å². The van der Waals surface area contributed by atoms with Gasteiger partial charge in [-0.2, -0.15) is 0 Å². The minimum atomic E-state index is -0.635. The number of carbonyl (C=O) groups is 3. The van der Waals surface area contributed by atoms with E-state index in [0.29, 0.717) is 5.56 Å². The molecule has 1 atom stereocenters. The van der Waals surface area contributed by atoms with Gasteiger partial charge in [-0.05, 0) is 31.9 Å². The van der Waals surface area contributed by atoms with Crippen LogP contribution in [0.1, 0.15) is 28.4 Å². The summed E-state index contributed by atoms with van der Waals surface area (Å²) < 4.78 is 0. The second kappa shape index (κ2) is 4.84. The van der Waals surface area contributed by atoms with Crippen molar-refractivity contribution in [3.63, 3.8) is 0 Å².